The second-order valence-electron chi connectivity index (χ2n) is 6.82. The van der Waals surface area contributed by atoms with E-state index in [-0.39, 0.29) is 41.3 Å². The van der Waals surface area contributed by atoms with Gasteiger partial charge < -0.3 is 34.3 Å². The molecule has 0 bridgehead atoms. The summed E-state index contributed by atoms with van der Waals surface area (Å²) in [6.45, 7) is 0.277. The Bertz CT molecular complexity index is 899. The van der Waals surface area contributed by atoms with Crippen molar-refractivity contribution in [2.75, 3.05) is 20.8 Å². The zero-order valence-corrected chi connectivity index (χ0v) is 15.3. The summed E-state index contributed by atoms with van der Waals surface area (Å²) in [5, 5.41) is 29.4. The first-order valence-corrected chi connectivity index (χ1v) is 8.73. The molecule has 3 N–H and O–H groups in total. The third-order valence-corrected chi connectivity index (χ3v) is 5.32. The number of hydrogen-bond donors (Lipinski definition) is 3. The van der Waals surface area contributed by atoms with Crippen LogP contribution in [0.1, 0.15) is 23.3 Å². The van der Waals surface area contributed by atoms with Gasteiger partial charge >= 0.3 is 5.97 Å². The van der Waals surface area contributed by atoms with E-state index in [1.54, 1.807) is 18.2 Å². The van der Waals surface area contributed by atoms with E-state index in [2.05, 4.69) is 0 Å². The van der Waals surface area contributed by atoms with Crippen molar-refractivity contribution in [3.63, 3.8) is 0 Å². The monoisotopic (exact) mass is 388 g/mol. The van der Waals surface area contributed by atoms with Crippen LogP contribution in [0.3, 0.4) is 0 Å². The molecule has 0 spiro atoms. The van der Waals surface area contributed by atoms with Crippen LogP contribution >= 0.6 is 0 Å². The molecule has 0 aromatic heterocycles. The van der Waals surface area contributed by atoms with E-state index in [4.69, 9.17) is 18.9 Å². The summed E-state index contributed by atoms with van der Waals surface area (Å²) < 4.78 is 21.9. The van der Waals surface area contributed by atoms with Crippen LogP contribution in [-0.4, -0.2) is 42.1 Å². The highest BCUT2D eigenvalue weighted by atomic mass is 16.6. The summed E-state index contributed by atoms with van der Waals surface area (Å²) >= 11 is 0. The molecule has 4 rings (SSSR count). The maximum Gasteiger partial charge on any atom is 0.313 e. The van der Waals surface area contributed by atoms with Crippen LogP contribution in [0, 0.1) is 11.8 Å². The molecule has 2 fully saturated rings. The summed E-state index contributed by atoms with van der Waals surface area (Å²) in [5.41, 5.74) is 1.21. The van der Waals surface area contributed by atoms with Gasteiger partial charge in [0.1, 0.15) is 6.10 Å². The number of benzene rings is 2. The number of esters is 1. The lowest BCUT2D eigenvalue weighted by molar-refractivity contribution is -0.148. The van der Waals surface area contributed by atoms with Crippen molar-refractivity contribution in [2.45, 2.75) is 12.2 Å². The zero-order valence-electron chi connectivity index (χ0n) is 15.3. The summed E-state index contributed by atoms with van der Waals surface area (Å²) in [6.07, 6.45) is -1.17. The van der Waals surface area contributed by atoms with Gasteiger partial charge in [0.05, 0.1) is 32.8 Å². The average Bonchev–Trinajstić information content (AvgIpc) is 3.26. The Morgan fingerprint density at radius 1 is 0.929 bits per heavy atom. The van der Waals surface area contributed by atoms with Crippen molar-refractivity contribution in [3.05, 3.63) is 41.5 Å². The Hall–Kier alpha value is -3.13. The zero-order chi connectivity index (χ0) is 20.0. The van der Waals surface area contributed by atoms with Crippen LogP contribution < -0.4 is 9.47 Å². The molecule has 2 saturated heterocycles. The number of carbonyl (C=O) groups is 1. The van der Waals surface area contributed by atoms with Gasteiger partial charge in [-0.05, 0) is 29.8 Å². The fourth-order valence-electron chi connectivity index (χ4n) is 3.93. The van der Waals surface area contributed by atoms with Crippen LogP contribution in [-0.2, 0) is 14.3 Å². The minimum atomic E-state index is -0.588. The van der Waals surface area contributed by atoms with Gasteiger partial charge in [-0.15, -0.1) is 0 Å². The molecular formula is C20H20O8. The number of phenols is 3. The lowest BCUT2D eigenvalue weighted by atomic mass is 9.84. The molecule has 0 radical (unpaired) electrons. The van der Waals surface area contributed by atoms with E-state index in [0.29, 0.717) is 11.1 Å². The molecule has 4 atom stereocenters. The molecule has 2 aromatic carbocycles. The molecule has 0 aliphatic carbocycles. The van der Waals surface area contributed by atoms with Gasteiger partial charge in [-0.3, -0.25) is 4.79 Å². The number of carbonyl (C=O) groups excluding carboxylic acids is 1. The van der Waals surface area contributed by atoms with Gasteiger partial charge in [-0.25, -0.2) is 0 Å². The van der Waals surface area contributed by atoms with Gasteiger partial charge in [0.25, 0.3) is 0 Å². The van der Waals surface area contributed by atoms with Gasteiger partial charge in [0, 0.05) is 11.5 Å². The normalized spacial score (nSPS) is 26.0. The SMILES string of the molecule is COc1cc([C@@H]2OC(=O)C3C2CO[C@H]3c2ccc(O)c(O)c2)cc(OC)c1O. The molecule has 8 heteroatoms. The molecule has 8 nitrogen and oxygen atoms in total. The van der Waals surface area contributed by atoms with Crippen molar-refractivity contribution in [1.82, 2.24) is 0 Å². The van der Waals surface area contributed by atoms with E-state index in [0.717, 1.165) is 0 Å². The number of cyclic esters (lactones) is 1. The Kier molecular flexibility index (Phi) is 4.43. The number of phenolic OH excluding ortho intramolecular Hbond substituents is 3. The second-order valence-corrected chi connectivity index (χ2v) is 6.82. The molecule has 0 amide bonds. The van der Waals surface area contributed by atoms with Crippen LogP contribution in [0.15, 0.2) is 30.3 Å². The fourth-order valence-corrected chi connectivity index (χ4v) is 3.93. The number of methoxy groups -OCH3 is 2. The van der Waals surface area contributed by atoms with E-state index >= 15 is 0 Å². The number of fused-ring (bicyclic) bond motifs is 1. The van der Waals surface area contributed by atoms with Crippen molar-refractivity contribution in [1.29, 1.82) is 0 Å². The van der Waals surface area contributed by atoms with Gasteiger partial charge in [0.15, 0.2) is 23.0 Å². The fraction of sp³-hybridized carbons (Fsp3) is 0.350. The number of aromatic hydroxyl groups is 3. The molecule has 2 aliphatic heterocycles. The summed E-state index contributed by atoms with van der Waals surface area (Å²) in [6, 6.07) is 7.56. The van der Waals surface area contributed by atoms with Crippen molar-refractivity contribution < 1.29 is 39.1 Å². The second kappa shape index (κ2) is 6.79. The Balaban J connectivity index is 1.67. The first-order valence-electron chi connectivity index (χ1n) is 8.73. The number of rotatable bonds is 4. The highest BCUT2D eigenvalue weighted by molar-refractivity contribution is 5.77. The molecule has 2 aliphatic rings. The van der Waals surface area contributed by atoms with E-state index < -0.39 is 24.1 Å². The maximum absolute atomic E-state index is 12.6. The average molecular weight is 388 g/mol. The standard InChI is InChI=1S/C20H20O8/c1-25-14-6-10(7-15(26-2)17(14)23)18-11-8-27-19(16(11)20(24)28-18)9-3-4-12(21)13(22)5-9/h3-7,11,16,18-19,21-23H,8H2,1-2H3/t11?,16?,18-,19-/m0/s1. The van der Waals surface area contributed by atoms with Crippen molar-refractivity contribution in [3.8, 4) is 28.7 Å². The minimum absolute atomic E-state index is 0.130. The lowest BCUT2D eigenvalue weighted by Gasteiger charge is -2.18. The third-order valence-electron chi connectivity index (χ3n) is 5.32. The topological polar surface area (TPSA) is 115 Å². The molecule has 148 valence electrons. The van der Waals surface area contributed by atoms with E-state index in [1.807, 2.05) is 0 Å². The van der Waals surface area contributed by atoms with E-state index in [9.17, 15) is 20.1 Å². The van der Waals surface area contributed by atoms with Gasteiger partial charge in [0.2, 0.25) is 5.75 Å². The lowest BCUT2D eigenvalue weighted by Crippen LogP contribution is -2.17. The molecule has 2 aromatic rings. The molecule has 0 saturated carbocycles. The van der Waals surface area contributed by atoms with Crippen molar-refractivity contribution in [2.24, 2.45) is 11.8 Å². The third kappa shape index (κ3) is 2.77. The Labute approximate surface area is 160 Å². The predicted molar refractivity (Wildman–Crippen MR) is 95.5 cm³/mol. The summed E-state index contributed by atoms with van der Waals surface area (Å²) in [7, 11) is 2.85. The summed E-state index contributed by atoms with van der Waals surface area (Å²) in [5.74, 6) is -1.44. The molecule has 28 heavy (non-hydrogen) atoms. The Morgan fingerprint density at radius 2 is 1.61 bits per heavy atom. The van der Waals surface area contributed by atoms with Crippen LogP contribution in [0.4, 0.5) is 0 Å². The summed E-state index contributed by atoms with van der Waals surface area (Å²) in [4.78, 5) is 12.6. The largest absolute Gasteiger partial charge is 0.504 e. The van der Waals surface area contributed by atoms with Gasteiger partial charge in [-0.2, -0.15) is 0 Å². The molecule has 2 heterocycles. The molecular weight excluding hydrogens is 368 g/mol. The smallest absolute Gasteiger partial charge is 0.313 e. The van der Waals surface area contributed by atoms with Crippen molar-refractivity contribution >= 4 is 5.97 Å². The quantitative estimate of drug-likeness (QED) is 0.540. The highest BCUT2D eigenvalue weighted by Gasteiger charge is 2.54. The minimum Gasteiger partial charge on any atom is -0.504 e. The molecule has 2 unspecified atom stereocenters. The van der Waals surface area contributed by atoms with Gasteiger partial charge in [-0.1, -0.05) is 6.07 Å². The number of hydrogen-bond acceptors (Lipinski definition) is 8. The maximum atomic E-state index is 12.6. The highest BCUT2D eigenvalue weighted by Crippen LogP contribution is 2.53. The van der Waals surface area contributed by atoms with Crippen LogP contribution in [0.2, 0.25) is 0 Å². The van der Waals surface area contributed by atoms with Crippen LogP contribution in [0.25, 0.3) is 0 Å². The first-order chi connectivity index (χ1) is 13.4. The Morgan fingerprint density at radius 3 is 2.21 bits per heavy atom. The van der Waals surface area contributed by atoms with Crippen LogP contribution in [0.5, 0.6) is 28.7 Å². The number of ether oxygens (including phenoxy) is 4. The first kappa shape index (κ1) is 18.2. The van der Waals surface area contributed by atoms with E-state index in [1.165, 1.54) is 26.4 Å². The predicted octanol–water partition coefficient (Wildman–Crippen LogP) is 2.42.